The van der Waals surface area contributed by atoms with E-state index in [1.807, 2.05) is 32.2 Å². The fourth-order valence-electron chi connectivity index (χ4n) is 3.25. The first kappa shape index (κ1) is 35.5. The predicted molar refractivity (Wildman–Crippen MR) is 161 cm³/mol. The van der Waals surface area contributed by atoms with Crippen molar-refractivity contribution in [1.82, 2.24) is 10.8 Å². The van der Waals surface area contributed by atoms with Crippen LogP contribution in [0.3, 0.4) is 0 Å². The molecule has 0 spiro atoms. The molecule has 6 heteroatoms. The molecule has 2 aromatic carbocycles. The molecule has 5 nitrogen and oxygen atoms in total. The number of halogens is 1. The van der Waals surface area contributed by atoms with Crippen LogP contribution in [0, 0.1) is 29.0 Å². The zero-order valence-corrected chi connectivity index (χ0v) is 24.4. The molecule has 0 aromatic heterocycles. The van der Waals surface area contributed by atoms with E-state index in [0.29, 0.717) is 24.4 Å². The van der Waals surface area contributed by atoms with Crippen molar-refractivity contribution in [2.45, 2.75) is 67.1 Å². The molecule has 2 atom stereocenters. The maximum atomic E-state index is 13.6. The summed E-state index contributed by atoms with van der Waals surface area (Å²) in [7, 11) is 0. The number of carbonyl (C=O) groups is 1. The summed E-state index contributed by atoms with van der Waals surface area (Å²) in [5, 5.41) is 11.4. The van der Waals surface area contributed by atoms with E-state index in [-0.39, 0.29) is 23.2 Å². The summed E-state index contributed by atoms with van der Waals surface area (Å²) < 4.78 is 13.6. The van der Waals surface area contributed by atoms with Gasteiger partial charge in [0, 0.05) is 41.9 Å². The van der Waals surface area contributed by atoms with Gasteiger partial charge in [-0.1, -0.05) is 102 Å². The molecule has 3 rings (SSSR count). The van der Waals surface area contributed by atoms with Crippen LogP contribution >= 0.6 is 0 Å². The third-order valence-electron chi connectivity index (χ3n) is 5.62. The van der Waals surface area contributed by atoms with Crippen LogP contribution in [-0.2, 0) is 17.9 Å². The molecule has 0 heterocycles. The van der Waals surface area contributed by atoms with Crippen LogP contribution in [-0.4, -0.2) is 18.0 Å². The van der Waals surface area contributed by atoms with Crippen molar-refractivity contribution >= 4 is 6.79 Å². The van der Waals surface area contributed by atoms with Crippen LogP contribution in [0.25, 0.3) is 0 Å². The van der Waals surface area contributed by atoms with Crippen molar-refractivity contribution < 1.29 is 14.4 Å². The monoisotopic (exact) mass is 535 g/mol. The Morgan fingerprint density at radius 1 is 1.13 bits per heavy atom. The molecule has 0 radical (unpaired) electrons. The van der Waals surface area contributed by atoms with Crippen LogP contribution in [0.4, 0.5) is 4.39 Å². The van der Waals surface area contributed by atoms with Crippen molar-refractivity contribution in [2.24, 2.45) is 17.1 Å². The Morgan fingerprint density at radius 3 is 2.21 bits per heavy atom. The largest absolute Gasteiger partial charge is 0.323 e. The average molecular weight is 536 g/mol. The van der Waals surface area contributed by atoms with E-state index in [1.54, 1.807) is 19.1 Å². The SMILES string of the molecule is C=C(NO)C(C)N.C=O.CC.CC(C)(C)C1=CCC(C#Cc2ccc(CNCc3ccccc3F)cc2)C=C1. The number of nitrogens with two attached hydrogens (primary N) is 1. The van der Waals surface area contributed by atoms with E-state index in [4.69, 9.17) is 15.7 Å². The molecular weight excluding hydrogens is 489 g/mol. The zero-order valence-electron chi connectivity index (χ0n) is 24.4. The second-order valence-electron chi connectivity index (χ2n) is 9.70. The smallest absolute Gasteiger partial charge is 0.127 e. The Bertz CT molecular complexity index is 1100. The number of nitrogens with one attached hydrogen (secondary N) is 2. The summed E-state index contributed by atoms with van der Waals surface area (Å²) in [6, 6.07) is 14.9. The molecule has 5 N–H and O–H groups in total. The number of carbonyl (C=O) groups excluding carboxylic acids is 1. The Kier molecular flexibility index (Phi) is 17.8. The first-order chi connectivity index (χ1) is 18.6. The number of rotatable bonds is 6. The number of hydrogen-bond acceptors (Lipinski definition) is 5. The lowest BCUT2D eigenvalue weighted by Gasteiger charge is -2.23. The van der Waals surface area contributed by atoms with E-state index >= 15 is 0 Å². The summed E-state index contributed by atoms with van der Waals surface area (Å²) in [6.07, 6.45) is 7.72. The van der Waals surface area contributed by atoms with Crippen LogP contribution in [0.5, 0.6) is 0 Å². The van der Waals surface area contributed by atoms with Gasteiger partial charge in [-0.25, -0.2) is 4.39 Å². The van der Waals surface area contributed by atoms with E-state index in [1.165, 1.54) is 11.6 Å². The number of hydrogen-bond donors (Lipinski definition) is 4. The Hall–Kier alpha value is -3.50. The van der Waals surface area contributed by atoms with Gasteiger partial charge in [0.15, 0.2) is 0 Å². The Labute approximate surface area is 235 Å². The first-order valence-corrected chi connectivity index (χ1v) is 13.2. The van der Waals surface area contributed by atoms with Gasteiger partial charge in [0.25, 0.3) is 0 Å². The fraction of sp³-hybridized carbons (Fsp3) is 0.364. The quantitative estimate of drug-likeness (QED) is 0.245. The van der Waals surface area contributed by atoms with E-state index in [0.717, 1.165) is 17.5 Å². The lowest BCUT2D eigenvalue weighted by Crippen LogP contribution is -2.25. The fourth-order valence-corrected chi connectivity index (χ4v) is 3.25. The standard InChI is InChI=1S/C26H28FN.C4H10N2O.C2H6.CH2O/c1-26(2,3)24-16-14-21(15-17-24)9-8-20-10-12-22(13-11-20)18-28-19-23-6-4-5-7-25(23)27;1-3(5)4(2)6-7;2*1-2/h4-7,10-14,16-17,21,28H,15,18-19H2,1-3H3;3,6-7H,2,5H2,1H3;1-2H3;1H2. The highest BCUT2D eigenvalue weighted by molar-refractivity contribution is 5.39. The maximum absolute atomic E-state index is 13.6. The lowest BCUT2D eigenvalue weighted by molar-refractivity contribution is -0.0980. The van der Waals surface area contributed by atoms with Gasteiger partial charge in [-0.15, -0.1) is 0 Å². The van der Waals surface area contributed by atoms with Crippen molar-refractivity contribution in [2.75, 3.05) is 0 Å². The van der Waals surface area contributed by atoms with Gasteiger partial charge in [0.1, 0.15) is 12.6 Å². The molecule has 0 bridgehead atoms. The number of benzene rings is 2. The molecule has 1 aliphatic rings. The minimum atomic E-state index is -0.190. The molecule has 0 aliphatic heterocycles. The number of allylic oxidation sites excluding steroid dienone is 4. The topological polar surface area (TPSA) is 87.4 Å². The minimum Gasteiger partial charge on any atom is -0.323 e. The second-order valence-corrected chi connectivity index (χ2v) is 9.70. The third kappa shape index (κ3) is 14.3. The van der Waals surface area contributed by atoms with E-state index in [2.05, 4.69) is 87.0 Å². The van der Waals surface area contributed by atoms with Crippen LogP contribution in [0.15, 0.2) is 84.6 Å². The highest BCUT2D eigenvalue weighted by atomic mass is 19.1. The Balaban J connectivity index is 0.00000113. The van der Waals surface area contributed by atoms with Crippen LogP contribution in [0.1, 0.15) is 64.7 Å². The average Bonchev–Trinajstić information content (AvgIpc) is 2.95. The first-order valence-electron chi connectivity index (χ1n) is 13.2. The molecule has 0 saturated carbocycles. The molecule has 1 aliphatic carbocycles. The highest BCUT2D eigenvalue weighted by Crippen LogP contribution is 2.30. The molecular formula is C33H46FN3O2. The normalized spacial score (nSPS) is 14.3. The summed E-state index contributed by atoms with van der Waals surface area (Å²) in [5.41, 5.74) is 12.0. The summed E-state index contributed by atoms with van der Waals surface area (Å²) >= 11 is 0. The van der Waals surface area contributed by atoms with Gasteiger partial charge in [-0.05, 0) is 48.1 Å². The Morgan fingerprint density at radius 2 is 1.74 bits per heavy atom. The van der Waals surface area contributed by atoms with Crippen molar-refractivity contribution in [3.05, 3.63) is 107 Å². The summed E-state index contributed by atoms with van der Waals surface area (Å²) in [5.74, 6) is 6.77. The minimum absolute atomic E-state index is 0.165. The number of hydroxylamine groups is 1. The van der Waals surface area contributed by atoms with Gasteiger partial charge in [-0.2, -0.15) is 0 Å². The van der Waals surface area contributed by atoms with Gasteiger partial charge in [0.2, 0.25) is 0 Å². The maximum Gasteiger partial charge on any atom is 0.127 e. The molecule has 39 heavy (non-hydrogen) atoms. The molecule has 0 saturated heterocycles. The van der Waals surface area contributed by atoms with Crippen LogP contribution in [0.2, 0.25) is 0 Å². The third-order valence-corrected chi connectivity index (χ3v) is 5.62. The van der Waals surface area contributed by atoms with E-state index < -0.39 is 0 Å². The molecule has 212 valence electrons. The molecule has 0 amide bonds. The lowest BCUT2D eigenvalue weighted by atomic mass is 9.82. The van der Waals surface area contributed by atoms with Gasteiger partial charge in [-0.3, -0.25) is 10.7 Å². The molecule has 2 aromatic rings. The van der Waals surface area contributed by atoms with Gasteiger partial charge < -0.3 is 15.8 Å². The van der Waals surface area contributed by atoms with Crippen molar-refractivity contribution in [1.29, 1.82) is 0 Å². The van der Waals surface area contributed by atoms with E-state index in [9.17, 15) is 4.39 Å². The highest BCUT2D eigenvalue weighted by Gasteiger charge is 2.17. The van der Waals surface area contributed by atoms with Crippen molar-refractivity contribution in [3.8, 4) is 11.8 Å². The summed E-state index contributed by atoms with van der Waals surface area (Å²) in [6.45, 7) is 19.1. The summed E-state index contributed by atoms with van der Waals surface area (Å²) in [4.78, 5) is 8.00. The predicted octanol–water partition coefficient (Wildman–Crippen LogP) is 6.68. The van der Waals surface area contributed by atoms with Gasteiger partial charge in [0.05, 0.1) is 0 Å². The molecule has 0 fully saturated rings. The van der Waals surface area contributed by atoms with Crippen LogP contribution < -0.4 is 16.5 Å². The molecule has 2 unspecified atom stereocenters. The van der Waals surface area contributed by atoms with Gasteiger partial charge >= 0.3 is 0 Å². The zero-order chi connectivity index (χ0) is 29.8. The second kappa shape index (κ2) is 19.6. The van der Waals surface area contributed by atoms with Crippen molar-refractivity contribution in [3.63, 3.8) is 0 Å².